The zero-order valence-electron chi connectivity index (χ0n) is 15.9. The quantitative estimate of drug-likeness (QED) is 0.184. The highest BCUT2D eigenvalue weighted by atomic mass is 79.9. The lowest BCUT2D eigenvalue weighted by Gasteiger charge is -1.97. The van der Waals surface area contributed by atoms with Crippen LogP contribution in [0.1, 0.15) is 11.1 Å². The summed E-state index contributed by atoms with van der Waals surface area (Å²) in [6.45, 7) is 2.03. The van der Waals surface area contributed by atoms with Crippen molar-refractivity contribution in [1.82, 2.24) is 4.98 Å². The minimum Gasteiger partial charge on any atom is -0.436 e. The van der Waals surface area contributed by atoms with E-state index in [1.54, 1.807) is 30.5 Å². The fourth-order valence-corrected chi connectivity index (χ4v) is 3.26. The molecule has 1 heterocycles. The van der Waals surface area contributed by atoms with Crippen molar-refractivity contribution in [3.05, 3.63) is 92.5 Å². The molecule has 0 radical (unpaired) electrons. The smallest absolute Gasteiger partial charge is 0.284 e. The molecule has 4 rings (SSSR count). The molecule has 0 aliphatic rings. The monoisotopic (exact) mass is 461 g/mol. The summed E-state index contributed by atoms with van der Waals surface area (Å²) in [5.41, 5.74) is 5.00. The van der Waals surface area contributed by atoms with E-state index in [0.29, 0.717) is 21.5 Å². The van der Waals surface area contributed by atoms with E-state index in [4.69, 9.17) is 4.42 Å². The number of hydrogen-bond acceptors (Lipinski definition) is 5. The molecule has 1 aromatic heterocycles. The number of hydrogen-bond donors (Lipinski definition) is 0. The number of nitrogens with zero attached hydrogens (tertiary/aromatic N) is 3. The molecule has 6 nitrogen and oxygen atoms in total. The Morgan fingerprint density at radius 1 is 1.10 bits per heavy atom. The molecule has 0 amide bonds. The summed E-state index contributed by atoms with van der Waals surface area (Å²) in [5.74, 6) is 0.572. The molecule has 0 saturated carbocycles. The van der Waals surface area contributed by atoms with Crippen molar-refractivity contribution >= 4 is 50.7 Å². The Labute approximate surface area is 180 Å². The summed E-state index contributed by atoms with van der Waals surface area (Å²) in [6, 6.07) is 18.5. The number of aryl methyl sites for hydroxylation is 1. The highest BCUT2D eigenvalue weighted by molar-refractivity contribution is 9.10. The predicted molar refractivity (Wildman–Crippen MR) is 122 cm³/mol. The van der Waals surface area contributed by atoms with Crippen LogP contribution in [0.5, 0.6) is 0 Å². The van der Waals surface area contributed by atoms with Crippen molar-refractivity contribution in [2.45, 2.75) is 6.92 Å². The zero-order chi connectivity index (χ0) is 21.1. The van der Waals surface area contributed by atoms with Gasteiger partial charge in [0.1, 0.15) is 5.52 Å². The topological polar surface area (TPSA) is 81.5 Å². The number of benzene rings is 3. The molecule has 0 N–H and O–H groups in total. The Kier molecular flexibility index (Phi) is 5.54. The lowest BCUT2D eigenvalue weighted by molar-refractivity contribution is -0.385. The van der Waals surface area contributed by atoms with Crippen molar-refractivity contribution < 1.29 is 9.34 Å². The third kappa shape index (κ3) is 4.36. The molecule has 0 spiro atoms. The van der Waals surface area contributed by atoms with Gasteiger partial charge >= 0.3 is 0 Å². The minimum absolute atomic E-state index is 0.0231. The third-order valence-electron chi connectivity index (χ3n) is 4.43. The molecule has 3 aromatic carbocycles. The van der Waals surface area contributed by atoms with Crippen LogP contribution >= 0.6 is 15.9 Å². The molecule has 7 heteroatoms. The molecular weight excluding hydrogens is 446 g/mol. The van der Waals surface area contributed by atoms with Gasteiger partial charge in [0.25, 0.3) is 5.69 Å². The van der Waals surface area contributed by atoms with Crippen molar-refractivity contribution in [2.24, 2.45) is 4.99 Å². The molecule has 0 atom stereocenters. The summed E-state index contributed by atoms with van der Waals surface area (Å²) in [4.78, 5) is 19.6. The van der Waals surface area contributed by atoms with Crippen LogP contribution in [-0.2, 0) is 0 Å². The van der Waals surface area contributed by atoms with Gasteiger partial charge in [-0.15, -0.1) is 0 Å². The van der Waals surface area contributed by atoms with Crippen LogP contribution in [0.3, 0.4) is 0 Å². The highest BCUT2D eigenvalue weighted by Gasteiger charge is 2.11. The van der Waals surface area contributed by atoms with Gasteiger partial charge in [0.2, 0.25) is 5.89 Å². The second kappa shape index (κ2) is 8.42. The van der Waals surface area contributed by atoms with Crippen LogP contribution in [0.15, 0.2) is 80.6 Å². The minimum atomic E-state index is -0.423. The Morgan fingerprint density at radius 2 is 1.90 bits per heavy atom. The summed E-state index contributed by atoms with van der Waals surface area (Å²) in [7, 11) is 0. The van der Waals surface area contributed by atoms with E-state index in [-0.39, 0.29) is 5.69 Å². The van der Waals surface area contributed by atoms with Crippen molar-refractivity contribution in [3.63, 3.8) is 0 Å². The zero-order valence-corrected chi connectivity index (χ0v) is 17.5. The number of nitro benzene ring substituents is 1. The normalized spacial score (nSPS) is 11.7. The summed E-state index contributed by atoms with van der Waals surface area (Å²) >= 11 is 3.18. The Hall–Kier alpha value is -3.58. The molecule has 4 aromatic rings. The molecule has 0 aliphatic carbocycles. The molecule has 30 heavy (non-hydrogen) atoms. The second-order valence-electron chi connectivity index (χ2n) is 6.64. The summed E-state index contributed by atoms with van der Waals surface area (Å²) in [6.07, 6.45) is 5.13. The fourth-order valence-electron chi connectivity index (χ4n) is 2.87. The molecule has 0 bridgehead atoms. The molecule has 0 saturated heterocycles. The van der Waals surface area contributed by atoms with Crippen molar-refractivity contribution in [1.29, 1.82) is 0 Å². The highest BCUT2D eigenvalue weighted by Crippen LogP contribution is 2.28. The van der Waals surface area contributed by atoms with Gasteiger partial charge in [-0.05, 0) is 70.9 Å². The van der Waals surface area contributed by atoms with E-state index in [1.165, 1.54) is 11.6 Å². The van der Waals surface area contributed by atoms with Crippen molar-refractivity contribution in [2.75, 3.05) is 0 Å². The fraction of sp³-hybridized carbons (Fsp3) is 0.0435. The average molecular weight is 462 g/mol. The second-order valence-corrected chi connectivity index (χ2v) is 7.50. The number of oxazole rings is 1. The van der Waals surface area contributed by atoms with Crippen LogP contribution < -0.4 is 0 Å². The van der Waals surface area contributed by atoms with Crippen LogP contribution in [-0.4, -0.2) is 16.1 Å². The first-order valence-corrected chi connectivity index (χ1v) is 9.91. The van der Waals surface area contributed by atoms with Crippen LogP contribution in [0.25, 0.3) is 28.6 Å². The Morgan fingerprint density at radius 3 is 2.67 bits per heavy atom. The summed E-state index contributed by atoms with van der Waals surface area (Å²) in [5, 5.41) is 11.0. The Balaban J connectivity index is 1.52. The van der Waals surface area contributed by atoms with Gasteiger partial charge in [-0.2, -0.15) is 0 Å². The number of rotatable bonds is 5. The molecule has 0 unspecified atom stereocenters. The van der Waals surface area contributed by atoms with Gasteiger partial charge in [-0.25, -0.2) is 4.98 Å². The number of aromatic nitrogens is 1. The maximum Gasteiger partial charge on any atom is 0.284 e. The largest absolute Gasteiger partial charge is 0.436 e. The van der Waals surface area contributed by atoms with Gasteiger partial charge in [-0.1, -0.05) is 29.8 Å². The summed E-state index contributed by atoms with van der Waals surface area (Å²) < 4.78 is 6.29. The van der Waals surface area contributed by atoms with E-state index >= 15 is 0 Å². The van der Waals surface area contributed by atoms with E-state index in [1.807, 2.05) is 49.4 Å². The molecule has 148 valence electrons. The van der Waals surface area contributed by atoms with Gasteiger partial charge in [-0.3, -0.25) is 15.1 Å². The van der Waals surface area contributed by atoms with E-state index in [0.717, 1.165) is 16.8 Å². The van der Waals surface area contributed by atoms with Gasteiger partial charge in [0.15, 0.2) is 5.58 Å². The standard InChI is InChI=1S/C23H16BrN3O3/c1-15-4-7-17(8-5-15)23-26-20-14-18(9-11-22(20)30-23)25-12-2-3-16-6-10-19(24)21(13-16)27(28)29/h2-14H,1H3/b3-2+,25-12?. The van der Waals surface area contributed by atoms with Crippen LogP contribution in [0.2, 0.25) is 0 Å². The Bertz CT molecular complexity index is 1290. The number of nitro groups is 1. The number of fused-ring (bicyclic) bond motifs is 1. The molecule has 0 fully saturated rings. The first-order valence-electron chi connectivity index (χ1n) is 9.12. The average Bonchev–Trinajstić information content (AvgIpc) is 3.16. The van der Waals surface area contributed by atoms with E-state index < -0.39 is 4.92 Å². The lowest BCUT2D eigenvalue weighted by Crippen LogP contribution is -1.89. The number of aliphatic imine (C=N–C) groups is 1. The van der Waals surface area contributed by atoms with Gasteiger partial charge in [0.05, 0.1) is 15.1 Å². The molecule has 0 aliphatic heterocycles. The van der Waals surface area contributed by atoms with E-state index in [9.17, 15) is 10.1 Å². The van der Waals surface area contributed by atoms with Crippen molar-refractivity contribution in [3.8, 4) is 11.5 Å². The maximum atomic E-state index is 11.0. The first kappa shape index (κ1) is 19.7. The lowest BCUT2D eigenvalue weighted by atomic mass is 10.1. The van der Waals surface area contributed by atoms with Gasteiger partial charge in [0, 0.05) is 17.8 Å². The molecular formula is C23H16BrN3O3. The SMILES string of the molecule is Cc1ccc(-c2nc3cc(N=C/C=C/c4ccc(Br)c([N+](=O)[O-])c4)ccc3o2)cc1. The van der Waals surface area contributed by atoms with Gasteiger partial charge < -0.3 is 4.42 Å². The van der Waals surface area contributed by atoms with Crippen LogP contribution in [0, 0.1) is 17.0 Å². The first-order chi connectivity index (χ1) is 14.5. The van der Waals surface area contributed by atoms with Crippen LogP contribution in [0.4, 0.5) is 11.4 Å². The predicted octanol–water partition coefficient (Wildman–Crippen LogP) is 6.89. The number of halogens is 1. The maximum absolute atomic E-state index is 11.0. The number of allylic oxidation sites excluding steroid dienone is 1. The van der Waals surface area contributed by atoms with E-state index in [2.05, 4.69) is 25.9 Å². The third-order valence-corrected chi connectivity index (χ3v) is 5.11.